The summed E-state index contributed by atoms with van der Waals surface area (Å²) in [6.45, 7) is 6.50. The van der Waals surface area contributed by atoms with Gasteiger partial charge in [-0.2, -0.15) is 0 Å². The lowest BCUT2D eigenvalue weighted by atomic mass is 9.91. The highest BCUT2D eigenvalue weighted by Crippen LogP contribution is 2.20. The Balaban J connectivity index is 4.14. The van der Waals surface area contributed by atoms with E-state index in [-0.39, 0.29) is 5.41 Å². The van der Waals surface area contributed by atoms with E-state index in [1.165, 1.54) is 5.71 Å². The molecular weight excluding hydrogens is 225 g/mol. The summed E-state index contributed by atoms with van der Waals surface area (Å²) in [7, 11) is 1.85. The normalized spacial score (nSPS) is 14.1. The van der Waals surface area contributed by atoms with Gasteiger partial charge >= 0.3 is 0 Å². The van der Waals surface area contributed by atoms with Gasteiger partial charge in [0.25, 0.3) is 0 Å². The molecule has 0 aliphatic rings. The first-order chi connectivity index (χ1) is 4.04. The Morgan fingerprint density at radius 1 is 1.56 bits per heavy atom. The molecule has 0 radical (unpaired) electrons. The molecule has 0 saturated heterocycles. The first kappa shape index (κ1) is 9.40. The third-order valence-corrected chi connectivity index (χ3v) is 3.56. The van der Waals surface area contributed by atoms with E-state index in [1.54, 1.807) is 0 Å². The number of rotatable bonds is 2. The molecule has 0 aliphatic carbocycles. The fraction of sp³-hybridized carbons (Fsp3) is 0.857. The highest BCUT2D eigenvalue weighted by Gasteiger charge is 2.18. The maximum atomic E-state index is 4.14. The van der Waals surface area contributed by atoms with E-state index < -0.39 is 0 Å². The van der Waals surface area contributed by atoms with Crippen LogP contribution in [0.1, 0.15) is 20.8 Å². The van der Waals surface area contributed by atoms with E-state index in [4.69, 9.17) is 0 Å². The van der Waals surface area contributed by atoms with Crippen LogP contribution in [0.5, 0.6) is 0 Å². The van der Waals surface area contributed by atoms with Crippen LogP contribution in [-0.4, -0.2) is 17.2 Å². The second kappa shape index (κ2) is 3.54. The molecule has 0 N–H and O–H groups in total. The van der Waals surface area contributed by atoms with Gasteiger partial charge in [0.1, 0.15) is 0 Å². The minimum absolute atomic E-state index is 0.287. The molecule has 0 unspecified atom stereocenters. The van der Waals surface area contributed by atoms with Crippen LogP contribution in [0.2, 0.25) is 0 Å². The molecule has 0 aromatic heterocycles. The molecule has 0 bridgehead atoms. The van der Waals surface area contributed by atoms with E-state index in [9.17, 15) is 0 Å². The Labute approximate surface area is 71.1 Å². The predicted molar refractivity (Wildman–Crippen MR) is 51.7 cm³/mol. The average Bonchev–Trinajstić information content (AvgIpc) is 1.86. The first-order valence-corrected chi connectivity index (χ1v) is 4.57. The van der Waals surface area contributed by atoms with Crippen molar-refractivity contribution in [2.45, 2.75) is 20.8 Å². The largest absolute Gasteiger partial charge is 0.297 e. The maximum Gasteiger partial charge on any atom is 0.0276 e. The van der Waals surface area contributed by atoms with Crippen LogP contribution in [0.25, 0.3) is 0 Å². The zero-order valence-electron chi connectivity index (χ0n) is 6.53. The van der Waals surface area contributed by atoms with Crippen molar-refractivity contribution >= 4 is 28.3 Å². The van der Waals surface area contributed by atoms with Crippen molar-refractivity contribution in [1.29, 1.82) is 0 Å². The first-order valence-electron chi connectivity index (χ1n) is 3.04. The molecule has 0 saturated carbocycles. The molecule has 0 fully saturated rings. The van der Waals surface area contributed by atoms with Crippen molar-refractivity contribution in [3.05, 3.63) is 0 Å². The second-order valence-corrected chi connectivity index (χ2v) is 3.59. The van der Waals surface area contributed by atoms with Crippen LogP contribution in [0.4, 0.5) is 0 Å². The fourth-order valence-corrected chi connectivity index (χ4v) is 0.951. The summed E-state index contributed by atoms with van der Waals surface area (Å²) in [5, 5.41) is 0. The van der Waals surface area contributed by atoms with Gasteiger partial charge in [0.2, 0.25) is 0 Å². The SMILES string of the molecule is CN=C(C)C(C)(C)CI. The summed E-state index contributed by atoms with van der Waals surface area (Å²) in [5.41, 5.74) is 1.52. The number of nitrogens with zero attached hydrogens (tertiary/aromatic N) is 1. The number of alkyl halides is 1. The quantitative estimate of drug-likeness (QED) is 0.399. The van der Waals surface area contributed by atoms with Crippen LogP contribution in [-0.2, 0) is 0 Å². The Morgan fingerprint density at radius 2 is 2.00 bits per heavy atom. The molecule has 0 aromatic carbocycles. The third-order valence-electron chi connectivity index (χ3n) is 1.65. The van der Waals surface area contributed by atoms with Crippen LogP contribution in [0.15, 0.2) is 4.99 Å². The van der Waals surface area contributed by atoms with E-state index >= 15 is 0 Å². The molecule has 0 aliphatic heterocycles. The summed E-state index contributed by atoms with van der Waals surface area (Å²) < 4.78 is 1.13. The van der Waals surface area contributed by atoms with Gasteiger partial charge in [-0.3, -0.25) is 4.99 Å². The Morgan fingerprint density at radius 3 is 2.11 bits per heavy atom. The van der Waals surface area contributed by atoms with Crippen molar-refractivity contribution in [3.63, 3.8) is 0 Å². The van der Waals surface area contributed by atoms with Gasteiger partial charge < -0.3 is 0 Å². The Hall–Kier alpha value is 0.400. The van der Waals surface area contributed by atoms with Gasteiger partial charge in [0.15, 0.2) is 0 Å². The molecule has 0 heterocycles. The van der Waals surface area contributed by atoms with Crippen molar-refractivity contribution in [3.8, 4) is 0 Å². The van der Waals surface area contributed by atoms with Gasteiger partial charge in [-0.05, 0) is 6.92 Å². The minimum atomic E-state index is 0.287. The molecular formula is C7H14IN. The Kier molecular flexibility index (Phi) is 3.70. The van der Waals surface area contributed by atoms with Gasteiger partial charge in [-0.1, -0.05) is 36.4 Å². The highest BCUT2D eigenvalue weighted by molar-refractivity contribution is 14.1. The molecule has 0 amide bonds. The Bertz CT molecular complexity index is 116. The minimum Gasteiger partial charge on any atom is -0.297 e. The standard InChI is InChI=1S/C7H14IN/c1-6(9-4)7(2,3)5-8/h5H2,1-4H3. The molecule has 0 spiro atoms. The van der Waals surface area contributed by atoms with E-state index in [1.807, 2.05) is 7.05 Å². The van der Waals surface area contributed by atoms with E-state index in [2.05, 4.69) is 48.4 Å². The van der Waals surface area contributed by atoms with E-state index in [0.29, 0.717) is 0 Å². The van der Waals surface area contributed by atoms with Gasteiger partial charge in [0.05, 0.1) is 0 Å². The third kappa shape index (κ3) is 2.65. The van der Waals surface area contributed by atoms with E-state index in [0.717, 1.165) is 4.43 Å². The van der Waals surface area contributed by atoms with Crippen LogP contribution in [0.3, 0.4) is 0 Å². The van der Waals surface area contributed by atoms with Gasteiger partial charge in [0, 0.05) is 22.6 Å². The number of halogens is 1. The molecule has 54 valence electrons. The van der Waals surface area contributed by atoms with Crippen molar-refractivity contribution < 1.29 is 0 Å². The summed E-state index contributed by atoms with van der Waals surface area (Å²) in [4.78, 5) is 4.14. The van der Waals surface area contributed by atoms with Crippen LogP contribution in [0, 0.1) is 5.41 Å². The number of hydrogen-bond donors (Lipinski definition) is 0. The van der Waals surface area contributed by atoms with Gasteiger partial charge in [-0.15, -0.1) is 0 Å². The average molecular weight is 239 g/mol. The lowest BCUT2D eigenvalue weighted by Crippen LogP contribution is -2.22. The van der Waals surface area contributed by atoms with Crippen molar-refractivity contribution in [2.75, 3.05) is 11.5 Å². The predicted octanol–water partition coefficient (Wildman–Crippen LogP) is 2.54. The number of hydrogen-bond acceptors (Lipinski definition) is 1. The smallest absolute Gasteiger partial charge is 0.0276 e. The maximum absolute atomic E-state index is 4.14. The van der Waals surface area contributed by atoms with Gasteiger partial charge in [-0.25, -0.2) is 0 Å². The fourth-order valence-electron chi connectivity index (χ4n) is 0.399. The molecule has 0 atom stereocenters. The summed E-state index contributed by atoms with van der Waals surface area (Å²) >= 11 is 2.39. The molecule has 9 heavy (non-hydrogen) atoms. The zero-order valence-corrected chi connectivity index (χ0v) is 8.69. The van der Waals surface area contributed by atoms with Crippen molar-refractivity contribution in [2.24, 2.45) is 10.4 Å². The lowest BCUT2D eigenvalue weighted by molar-refractivity contribution is 0.610. The highest BCUT2D eigenvalue weighted by atomic mass is 127. The summed E-state index contributed by atoms with van der Waals surface area (Å²) in [5.74, 6) is 0. The zero-order chi connectivity index (χ0) is 7.49. The van der Waals surface area contributed by atoms with Crippen molar-refractivity contribution in [1.82, 2.24) is 0 Å². The molecule has 2 heteroatoms. The summed E-state index contributed by atoms with van der Waals surface area (Å²) in [6, 6.07) is 0. The monoisotopic (exact) mass is 239 g/mol. The number of aliphatic imine (C=N–C) groups is 1. The van der Waals surface area contributed by atoms with Crippen LogP contribution < -0.4 is 0 Å². The molecule has 1 nitrogen and oxygen atoms in total. The second-order valence-electron chi connectivity index (χ2n) is 2.83. The molecule has 0 aromatic rings. The topological polar surface area (TPSA) is 12.4 Å². The summed E-state index contributed by atoms with van der Waals surface area (Å²) in [6.07, 6.45) is 0. The lowest BCUT2D eigenvalue weighted by Gasteiger charge is -2.20. The molecule has 0 rings (SSSR count). The van der Waals surface area contributed by atoms with Crippen LogP contribution >= 0.6 is 22.6 Å².